The Hall–Kier alpha value is -1.91. The maximum Gasteiger partial charge on any atom is 0.418 e. The van der Waals surface area contributed by atoms with Crippen LogP contribution in [-0.2, 0) is 4.74 Å². The Morgan fingerprint density at radius 1 is 1.33 bits per heavy atom. The van der Waals surface area contributed by atoms with E-state index in [0.29, 0.717) is 16.8 Å². The van der Waals surface area contributed by atoms with Crippen LogP contribution in [0.1, 0.15) is 20.8 Å². The van der Waals surface area contributed by atoms with E-state index in [1.54, 1.807) is 24.3 Å². The molecule has 0 bridgehead atoms. The summed E-state index contributed by atoms with van der Waals surface area (Å²) in [4.78, 5) is 12.1. The summed E-state index contributed by atoms with van der Waals surface area (Å²) in [6, 6.07) is 6.95. The highest BCUT2D eigenvalue weighted by molar-refractivity contribution is 6.34. The van der Waals surface area contributed by atoms with Crippen LogP contribution >= 0.6 is 0 Å². The molecule has 0 fully saturated rings. The Morgan fingerprint density at radius 3 is 2.61 bits per heavy atom. The minimum Gasteiger partial charge on any atom is -0.443 e. The topological polar surface area (TPSA) is 57.2 Å². The van der Waals surface area contributed by atoms with Gasteiger partial charge in [-0.2, -0.15) is 0 Å². The lowest BCUT2D eigenvalue weighted by Gasteiger charge is -2.20. The van der Waals surface area contributed by atoms with Crippen LogP contribution in [-0.4, -0.2) is 24.1 Å². The van der Waals surface area contributed by atoms with Crippen LogP contribution in [0.3, 0.4) is 0 Å². The van der Waals surface area contributed by atoms with E-state index in [9.17, 15) is 4.79 Å². The Kier molecular flexibility index (Phi) is 2.85. The molecule has 0 aliphatic rings. The first-order valence-corrected chi connectivity index (χ1v) is 5.68. The lowest BCUT2D eigenvalue weighted by Crippen LogP contribution is -2.32. The summed E-state index contributed by atoms with van der Waals surface area (Å²) in [7, 11) is 5.84. The van der Waals surface area contributed by atoms with Crippen molar-refractivity contribution in [3.8, 4) is 0 Å². The highest BCUT2D eigenvalue weighted by atomic mass is 16.6. The molecule has 4 nitrogen and oxygen atoms in total. The van der Waals surface area contributed by atoms with Crippen molar-refractivity contribution in [2.75, 3.05) is 5.73 Å². The number of hydrogen-bond acceptors (Lipinski definition) is 3. The molecule has 0 amide bonds. The van der Waals surface area contributed by atoms with Gasteiger partial charge in [0.2, 0.25) is 0 Å². The highest BCUT2D eigenvalue weighted by Crippen LogP contribution is 2.19. The quantitative estimate of drug-likeness (QED) is 0.566. The summed E-state index contributed by atoms with van der Waals surface area (Å²) in [6.45, 7) is 5.43. The number of fused-ring (bicyclic) bond motifs is 1. The van der Waals surface area contributed by atoms with Gasteiger partial charge in [0.15, 0.2) is 0 Å². The van der Waals surface area contributed by atoms with Gasteiger partial charge in [0.25, 0.3) is 0 Å². The van der Waals surface area contributed by atoms with Gasteiger partial charge in [0.1, 0.15) is 13.4 Å². The first kappa shape index (κ1) is 12.5. The molecule has 0 aliphatic heterocycles. The van der Waals surface area contributed by atoms with Crippen molar-refractivity contribution in [2.24, 2.45) is 0 Å². The number of benzene rings is 1. The van der Waals surface area contributed by atoms with Crippen molar-refractivity contribution in [3.05, 3.63) is 24.3 Å². The number of carbonyl (C=O) groups is 1. The molecule has 2 N–H and O–H groups in total. The molecule has 2 radical (unpaired) electrons. The number of nitrogens with two attached hydrogens (primary N) is 1. The SMILES string of the molecule is [B]c1cc2cc(N)ccc2n1C(=O)OC(C)(C)C. The van der Waals surface area contributed by atoms with Gasteiger partial charge in [-0.05, 0) is 50.6 Å². The number of hydrogen-bond donors (Lipinski definition) is 1. The predicted octanol–water partition coefficient (Wildman–Crippen LogP) is 1.80. The highest BCUT2D eigenvalue weighted by Gasteiger charge is 2.20. The molecule has 0 unspecified atom stereocenters. The minimum absolute atomic E-state index is 0.338. The van der Waals surface area contributed by atoms with Crippen molar-refractivity contribution >= 4 is 36.1 Å². The fourth-order valence-electron chi connectivity index (χ4n) is 1.77. The number of anilines is 1. The zero-order valence-corrected chi connectivity index (χ0v) is 10.7. The van der Waals surface area contributed by atoms with Crippen molar-refractivity contribution in [1.29, 1.82) is 0 Å². The fraction of sp³-hybridized carbons (Fsp3) is 0.308. The van der Waals surface area contributed by atoms with Gasteiger partial charge in [-0.15, -0.1) is 0 Å². The Morgan fingerprint density at radius 2 is 2.00 bits per heavy atom. The lowest BCUT2D eigenvalue weighted by molar-refractivity contribution is 0.0549. The maximum atomic E-state index is 12.1. The first-order chi connectivity index (χ1) is 8.28. The molecule has 2 rings (SSSR count). The molecule has 5 heteroatoms. The molecule has 2 aromatic rings. The van der Waals surface area contributed by atoms with Crippen LogP contribution in [0.4, 0.5) is 10.5 Å². The van der Waals surface area contributed by atoms with Gasteiger partial charge in [0, 0.05) is 11.1 Å². The molecule has 1 aromatic heterocycles. The van der Waals surface area contributed by atoms with Crippen LogP contribution in [0.5, 0.6) is 0 Å². The zero-order chi connectivity index (χ0) is 13.5. The number of aromatic nitrogens is 1. The number of carbonyl (C=O) groups excluding carboxylic acids is 1. The van der Waals surface area contributed by atoms with Crippen molar-refractivity contribution in [3.63, 3.8) is 0 Å². The molecular weight excluding hydrogens is 227 g/mol. The first-order valence-electron chi connectivity index (χ1n) is 5.68. The number of nitrogen functional groups attached to an aromatic ring is 1. The Bertz CT molecular complexity index is 611. The molecule has 0 atom stereocenters. The van der Waals surface area contributed by atoms with E-state index in [2.05, 4.69) is 0 Å². The lowest BCUT2D eigenvalue weighted by atomic mass is 10.1. The van der Waals surface area contributed by atoms with Crippen molar-refractivity contribution < 1.29 is 9.53 Å². The summed E-state index contributed by atoms with van der Waals surface area (Å²) in [6.07, 6.45) is -0.486. The van der Waals surface area contributed by atoms with E-state index in [-0.39, 0.29) is 0 Å². The van der Waals surface area contributed by atoms with Gasteiger partial charge in [-0.25, -0.2) is 4.79 Å². The molecule has 0 saturated carbocycles. The maximum absolute atomic E-state index is 12.1. The van der Waals surface area contributed by atoms with Gasteiger partial charge in [0.05, 0.1) is 5.52 Å². The van der Waals surface area contributed by atoms with E-state index in [4.69, 9.17) is 18.3 Å². The summed E-state index contributed by atoms with van der Waals surface area (Å²) in [5, 5.41) is 0.818. The minimum atomic E-state index is -0.562. The third-order valence-electron chi connectivity index (χ3n) is 2.43. The number of ether oxygens (including phenoxy) is 1. The van der Waals surface area contributed by atoms with E-state index in [1.807, 2.05) is 20.8 Å². The zero-order valence-electron chi connectivity index (χ0n) is 10.7. The van der Waals surface area contributed by atoms with Crippen molar-refractivity contribution in [2.45, 2.75) is 26.4 Å². The summed E-state index contributed by atoms with van der Waals surface area (Å²) >= 11 is 0. The molecular formula is C13H15BN2O2. The van der Waals surface area contributed by atoms with Gasteiger partial charge in [-0.1, -0.05) is 0 Å². The smallest absolute Gasteiger partial charge is 0.418 e. The van der Waals surface area contributed by atoms with Crippen LogP contribution in [0.2, 0.25) is 0 Å². The third kappa shape index (κ3) is 2.35. The molecule has 0 aliphatic carbocycles. The van der Waals surface area contributed by atoms with Gasteiger partial charge < -0.3 is 10.5 Å². The standard InChI is InChI=1S/C13H15BN2O2/c1-13(2,3)18-12(17)16-10-5-4-9(15)6-8(10)7-11(16)14/h4-7H,15H2,1-3H3. The largest absolute Gasteiger partial charge is 0.443 e. The average molecular weight is 242 g/mol. The van der Waals surface area contributed by atoms with Gasteiger partial charge in [-0.3, -0.25) is 4.57 Å². The van der Waals surface area contributed by atoms with Gasteiger partial charge >= 0.3 is 6.09 Å². The second-order valence-corrected chi connectivity index (χ2v) is 5.20. The second-order valence-electron chi connectivity index (χ2n) is 5.20. The molecule has 92 valence electrons. The summed E-state index contributed by atoms with van der Waals surface area (Å²) < 4.78 is 6.66. The Labute approximate surface area is 107 Å². The molecule has 1 heterocycles. The van der Waals surface area contributed by atoms with Crippen LogP contribution in [0, 0.1) is 0 Å². The second kappa shape index (κ2) is 4.08. The van der Waals surface area contributed by atoms with E-state index in [1.165, 1.54) is 4.57 Å². The third-order valence-corrected chi connectivity index (χ3v) is 2.43. The van der Waals surface area contributed by atoms with Crippen LogP contribution in [0.15, 0.2) is 24.3 Å². The molecule has 0 saturated heterocycles. The Balaban J connectivity index is 2.51. The van der Waals surface area contributed by atoms with E-state index in [0.717, 1.165) is 5.39 Å². The van der Waals surface area contributed by atoms with Crippen molar-refractivity contribution in [1.82, 2.24) is 4.57 Å². The predicted molar refractivity (Wildman–Crippen MR) is 73.4 cm³/mol. The normalized spacial score (nSPS) is 11.7. The molecule has 0 spiro atoms. The number of nitrogens with zero attached hydrogens (tertiary/aromatic N) is 1. The number of rotatable bonds is 0. The molecule has 18 heavy (non-hydrogen) atoms. The monoisotopic (exact) mass is 242 g/mol. The van der Waals surface area contributed by atoms with Crippen LogP contribution < -0.4 is 11.3 Å². The summed E-state index contributed by atoms with van der Waals surface area (Å²) in [5.74, 6) is 0. The van der Waals surface area contributed by atoms with Crippen LogP contribution in [0.25, 0.3) is 10.9 Å². The van der Waals surface area contributed by atoms with E-state index < -0.39 is 11.7 Å². The average Bonchev–Trinajstić information content (AvgIpc) is 2.50. The van der Waals surface area contributed by atoms with E-state index >= 15 is 0 Å². The fourth-order valence-corrected chi connectivity index (χ4v) is 1.77. The molecule has 1 aromatic carbocycles. The summed E-state index contributed by atoms with van der Waals surface area (Å²) in [5.41, 5.74) is 6.79.